The fourth-order valence-electron chi connectivity index (χ4n) is 1.90. The van der Waals surface area contributed by atoms with Crippen molar-refractivity contribution < 1.29 is 0 Å². The van der Waals surface area contributed by atoms with Crippen molar-refractivity contribution >= 4 is 15.9 Å². The number of halogens is 1. The summed E-state index contributed by atoms with van der Waals surface area (Å²) >= 11 is 3.59. The first-order chi connectivity index (χ1) is 6.97. The third-order valence-electron chi connectivity index (χ3n) is 2.31. The predicted octanol–water partition coefficient (Wildman–Crippen LogP) is 4.85. The van der Waals surface area contributed by atoms with Crippen LogP contribution < -0.4 is 0 Å². The minimum Gasteiger partial charge on any atom is -0.0625 e. The zero-order chi connectivity index (χ0) is 11.4. The van der Waals surface area contributed by atoms with Gasteiger partial charge in [-0.2, -0.15) is 0 Å². The van der Waals surface area contributed by atoms with E-state index in [0.717, 1.165) is 11.8 Å². The second kappa shape index (κ2) is 5.69. The van der Waals surface area contributed by atoms with Gasteiger partial charge < -0.3 is 0 Å². The van der Waals surface area contributed by atoms with Crippen molar-refractivity contribution in [2.75, 3.05) is 0 Å². The summed E-state index contributed by atoms with van der Waals surface area (Å²) in [6.07, 6.45) is 2.34. The van der Waals surface area contributed by atoms with Gasteiger partial charge in [-0.05, 0) is 47.9 Å². The second-order valence-corrected chi connectivity index (χ2v) is 6.08. The molecule has 0 amide bonds. The summed E-state index contributed by atoms with van der Waals surface area (Å²) < 4.78 is 1.22. The van der Waals surface area contributed by atoms with Gasteiger partial charge in [-0.25, -0.2) is 0 Å². The highest BCUT2D eigenvalue weighted by atomic mass is 79.9. The normalized spacial score (nSPS) is 11.4. The second-order valence-electron chi connectivity index (χ2n) is 5.16. The zero-order valence-corrected chi connectivity index (χ0v) is 11.8. The maximum atomic E-state index is 3.59. The molecule has 0 aliphatic rings. The Balaban J connectivity index is 2.84. The molecule has 0 saturated heterocycles. The first-order valence-electron chi connectivity index (χ1n) is 5.75. The Morgan fingerprint density at radius 1 is 0.867 bits per heavy atom. The van der Waals surface area contributed by atoms with E-state index in [0.29, 0.717) is 0 Å². The molecular formula is C14H21Br. The Labute approximate surface area is 102 Å². The minimum absolute atomic E-state index is 0.728. The van der Waals surface area contributed by atoms with Gasteiger partial charge in [-0.1, -0.05) is 49.7 Å². The minimum atomic E-state index is 0.728. The van der Waals surface area contributed by atoms with E-state index in [-0.39, 0.29) is 0 Å². The van der Waals surface area contributed by atoms with E-state index in [1.54, 1.807) is 0 Å². The highest BCUT2D eigenvalue weighted by Crippen LogP contribution is 2.20. The molecule has 1 aromatic rings. The van der Waals surface area contributed by atoms with Crippen LogP contribution in [0.25, 0.3) is 0 Å². The lowest BCUT2D eigenvalue weighted by atomic mass is 9.97. The molecule has 0 aliphatic carbocycles. The van der Waals surface area contributed by atoms with Crippen LogP contribution in [0, 0.1) is 11.8 Å². The number of hydrogen-bond acceptors (Lipinski definition) is 0. The SMILES string of the molecule is CC(C)Cc1cc(Br)cc(CC(C)C)c1. The number of hydrogen-bond donors (Lipinski definition) is 0. The van der Waals surface area contributed by atoms with Gasteiger partial charge in [0.2, 0.25) is 0 Å². The Kier molecular flexibility index (Phi) is 4.85. The van der Waals surface area contributed by atoms with Gasteiger partial charge in [0.05, 0.1) is 0 Å². The van der Waals surface area contributed by atoms with Gasteiger partial charge in [0.15, 0.2) is 0 Å². The van der Waals surface area contributed by atoms with E-state index >= 15 is 0 Å². The monoisotopic (exact) mass is 268 g/mol. The third-order valence-corrected chi connectivity index (χ3v) is 2.76. The molecule has 1 rings (SSSR count). The van der Waals surface area contributed by atoms with E-state index in [4.69, 9.17) is 0 Å². The molecule has 0 aromatic heterocycles. The van der Waals surface area contributed by atoms with Crippen molar-refractivity contribution in [1.29, 1.82) is 0 Å². The van der Waals surface area contributed by atoms with Gasteiger partial charge in [0, 0.05) is 4.47 Å². The van der Waals surface area contributed by atoms with Crippen LogP contribution in [-0.2, 0) is 12.8 Å². The quantitative estimate of drug-likeness (QED) is 0.733. The van der Waals surface area contributed by atoms with Crippen LogP contribution in [0.1, 0.15) is 38.8 Å². The van der Waals surface area contributed by atoms with E-state index < -0.39 is 0 Å². The standard InChI is InChI=1S/C14H21Br/c1-10(2)5-12-7-13(6-11(3)4)9-14(15)8-12/h7-11H,5-6H2,1-4H3. The molecule has 0 aliphatic heterocycles. The molecule has 0 heterocycles. The maximum Gasteiger partial charge on any atom is 0.0180 e. The summed E-state index contributed by atoms with van der Waals surface area (Å²) in [5.74, 6) is 1.46. The molecular weight excluding hydrogens is 248 g/mol. The zero-order valence-electron chi connectivity index (χ0n) is 10.2. The van der Waals surface area contributed by atoms with Crippen molar-refractivity contribution in [3.8, 4) is 0 Å². The van der Waals surface area contributed by atoms with Crippen LogP contribution in [0.4, 0.5) is 0 Å². The highest BCUT2D eigenvalue weighted by Gasteiger charge is 2.03. The van der Waals surface area contributed by atoms with Crippen LogP contribution in [0.15, 0.2) is 22.7 Å². The number of benzene rings is 1. The van der Waals surface area contributed by atoms with Crippen molar-refractivity contribution in [2.45, 2.75) is 40.5 Å². The summed E-state index contributed by atoms with van der Waals surface area (Å²) in [6, 6.07) is 6.83. The average molecular weight is 269 g/mol. The largest absolute Gasteiger partial charge is 0.0625 e. The maximum absolute atomic E-state index is 3.59. The smallest absolute Gasteiger partial charge is 0.0180 e. The lowest BCUT2D eigenvalue weighted by Gasteiger charge is -2.10. The highest BCUT2D eigenvalue weighted by molar-refractivity contribution is 9.10. The first kappa shape index (κ1) is 12.8. The number of rotatable bonds is 4. The molecule has 15 heavy (non-hydrogen) atoms. The molecule has 0 radical (unpaired) electrons. The van der Waals surface area contributed by atoms with Crippen LogP contribution in [0.5, 0.6) is 0 Å². The topological polar surface area (TPSA) is 0 Å². The van der Waals surface area contributed by atoms with Crippen molar-refractivity contribution in [3.05, 3.63) is 33.8 Å². The van der Waals surface area contributed by atoms with Crippen molar-refractivity contribution in [1.82, 2.24) is 0 Å². The predicted molar refractivity (Wildman–Crippen MR) is 71.2 cm³/mol. The van der Waals surface area contributed by atoms with Crippen molar-refractivity contribution in [3.63, 3.8) is 0 Å². The summed E-state index contributed by atoms with van der Waals surface area (Å²) in [7, 11) is 0. The van der Waals surface area contributed by atoms with Crippen LogP contribution >= 0.6 is 15.9 Å². The summed E-state index contributed by atoms with van der Waals surface area (Å²) in [5.41, 5.74) is 2.91. The van der Waals surface area contributed by atoms with Crippen molar-refractivity contribution in [2.24, 2.45) is 11.8 Å². The first-order valence-corrected chi connectivity index (χ1v) is 6.55. The molecule has 0 unspecified atom stereocenters. The Morgan fingerprint density at radius 3 is 1.60 bits per heavy atom. The van der Waals surface area contributed by atoms with Gasteiger partial charge >= 0.3 is 0 Å². The lowest BCUT2D eigenvalue weighted by Crippen LogP contribution is -1.98. The van der Waals surface area contributed by atoms with Crippen LogP contribution in [0.3, 0.4) is 0 Å². The van der Waals surface area contributed by atoms with Gasteiger partial charge in [0.25, 0.3) is 0 Å². The summed E-state index contributed by atoms with van der Waals surface area (Å²) in [4.78, 5) is 0. The molecule has 0 bridgehead atoms. The lowest BCUT2D eigenvalue weighted by molar-refractivity contribution is 0.635. The summed E-state index contributed by atoms with van der Waals surface area (Å²) in [6.45, 7) is 9.07. The third kappa shape index (κ3) is 4.83. The molecule has 84 valence electrons. The molecule has 0 atom stereocenters. The Hall–Kier alpha value is -0.300. The Bertz CT molecular complexity index is 285. The molecule has 0 spiro atoms. The average Bonchev–Trinajstić information content (AvgIpc) is 1.98. The van der Waals surface area contributed by atoms with E-state index in [1.807, 2.05) is 0 Å². The van der Waals surface area contributed by atoms with E-state index in [9.17, 15) is 0 Å². The molecule has 0 fully saturated rings. The molecule has 1 heteroatoms. The molecule has 0 N–H and O–H groups in total. The Morgan fingerprint density at radius 2 is 1.27 bits per heavy atom. The van der Waals surface area contributed by atoms with Crippen LogP contribution in [0.2, 0.25) is 0 Å². The van der Waals surface area contributed by atoms with Gasteiger partial charge in [0.1, 0.15) is 0 Å². The molecule has 1 aromatic carbocycles. The van der Waals surface area contributed by atoms with E-state index in [1.165, 1.54) is 28.4 Å². The van der Waals surface area contributed by atoms with Crippen LogP contribution in [-0.4, -0.2) is 0 Å². The fourth-order valence-corrected chi connectivity index (χ4v) is 2.48. The van der Waals surface area contributed by atoms with Gasteiger partial charge in [-0.15, -0.1) is 0 Å². The molecule has 0 nitrogen and oxygen atoms in total. The molecule has 0 saturated carbocycles. The van der Waals surface area contributed by atoms with E-state index in [2.05, 4.69) is 61.8 Å². The van der Waals surface area contributed by atoms with Gasteiger partial charge in [-0.3, -0.25) is 0 Å². The fraction of sp³-hybridized carbons (Fsp3) is 0.571. The summed E-state index contributed by atoms with van der Waals surface area (Å²) in [5, 5.41) is 0.